The number of aromatic nitrogens is 1. The summed E-state index contributed by atoms with van der Waals surface area (Å²) in [7, 11) is 0. The summed E-state index contributed by atoms with van der Waals surface area (Å²) in [4.78, 5) is 23.1. The zero-order chi connectivity index (χ0) is 19.4. The maximum atomic E-state index is 13.1. The Morgan fingerprint density at radius 2 is 2.04 bits per heavy atom. The second-order valence-corrected chi connectivity index (χ2v) is 8.67. The molecule has 1 aromatic carbocycles. The number of hydrogen-bond donors (Lipinski definition) is 0. The largest absolute Gasteiger partial charge is 0.337 e. The fourth-order valence-corrected chi connectivity index (χ4v) is 4.85. The number of aryl methyl sites for hydroxylation is 2. The van der Waals surface area contributed by atoms with E-state index in [1.54, 1.807) is 0 Å². The van der Waals surface area contributed by atoms with Gasteiger partial charge in [0.15, 0.2) is 0 Å². The lowest BCUT2D eigenvalue weighted by molar-refractivity contribution is 0.0765. The molecule has 1 aromatic heterocycles. The molecule has 0 spiro atoms. The van der Waals surface area contributed by atoms with Crippen molar-refractivity contribution in [1.82, 2.24) is 14.8 Å². The molecule has 27 heavy (non-hydrogen) atoms. The second-order valence-electron chi connectivity index (χ2n) is 7.23. The standard InChI is InChI=1S/C21H28ClN3OS/c1-4-5-9-24-10-6-11-25(13-12-24)21(26)19-16(3)23-20(27-19)18-8-7-17(22)14-15(18)2/h7-8,14H,4-6,9-13H2,1-3H3. The lowest BCUT2D eigenvalue weighted by atomic mass is 10.1. The average Bonchev–Trinajstić information content (AvgIpc) is 2.87. The van der Waals surface area contributed by atoms with Crippen LogP contribution in [0.15, 0.2) is 18.2 Å². The van der Waals surface area contributed by atoms with E-state index in [1.165, 1.54) is 24.2 Å². The first-order valence-electron chi connectivity index (χ1n) is 9.75. The Balaban J connectivity index is 1.74. The molecular weight excluding hydrogens is 378 g/mol. The van der Waals surface area contributed by atoms with E-state index in [2.05, 4.69) is 16.8 Å². The third-order valence-corrected chi connectivity index (χ3v) is 6.53. The van der Waals surface area contributed by atoms with Gasteiger partial charge in [-0.25, -0.2) is 4.98 Å². The first-order valence-corrected chi connectivity index (χ1v) is 10.9. The van der Waals surface area contributed by atoms with Gasteiger partial charge < -0.3 is 9.80 Å². The highest BCUT2D eigenvalue weighted by Gasteiger charge is 2.24. The van der Waals surface area contributed by atoms with Crippen molar-refractivity contribution >= 4 is 28.8 Å². The van der Waals surface area contributed by atoms with E-state index in [-0.39, 0.29) is 5.91 Å². The number of unbranched alkanes of at least 4 members (excludes halogenated alkanes) is 1. The van der Waals surface area contributed by atoms with Crippen LogP contribution in [-0.2, 0) is 0 Å². The van der Waals surface area contributed by atoms with Crippen molar-refractivity contribution in [2.75, 3.05) is 32.7 Å². The lowest BCUT2D eigenvalue weighted by Crippen LogP contribution is -2.35. The normalized spacial score (nSPS) is 15.8. The Bertz CT molecular complexity index is 805. The van der Waals surface area contributed by atoms with Crippen LogP contribution in [0.5, 0.6) is 0 Å². The quantitative estimate of drug-likeness (QED) is 0.700. The van der Waals surface area contributed by atoms with Gasteiger partial charge >= 0.3 is 0 Å². The number of hydrogen-bond acceptors (Lipinski definition) is 4. The van der Waals surface area contributed by atoms with Gasteiger partial charge in [-0.1, -0.05) is 31.0 Å². The van der Waals surface area contributed by atoms with E-state index in [1.807, 2.05) is 36.9 Å². The maximum absolute atomic E-state index is 13.1. The molecule has 0 aliphatic carbocycles. The minimum atomic E-state index is 0.125. The van der Waals surface area contributed by atoms with Crippen LogP contribution in [0.4, 0.5) is 0 Å². The zero-order valence-electron chi connectivity index (χ0n) is 16.4. The second kappa shape index (κ2) is 9.18. The molecule has 146 valence electrons. The van der Waals surface area contributed by atoms with Crippen molar-refractivity contribution in [3.63, 3.8) is 0 Å². The fourth-order valence-electron chi connectivity index (χ4n) is 3.50. The van der Waals surface area contributed by atoms with Gasteiger partial charge in [0.1, 0.15) is 9.88 Å². The molecule has 0 atom stereocenters. The smallest absolute Gasteiger partial charge is 0.265 e. The topological polar surface area (TPSA) is 36.4 Å². The van der Waals surface area contributed by atoms with Crippen LogP contribution < -0.4 is 0 Å². The Kier molecular flexibility index (Phi) is 6.90. The van der Waals surface area contributed by atoms with Gasteiger partial charge in [0, 0.05) is 30.2 Å². The van der Waals surface area contributed by atoms with Gasteiger partial charge in [0.2, 0.25) is 0 Å². The predicted molar refractivity (Wildman–Crippen MR) is 114 cm³/mol. The summed E-state index contributed by atoms with van der Waals surface area (Å²) in [6, 6.07) is 5.80. The molecule has 1 saturated heterocycles. The minimum absolute atomic E-state index is 0.125. The van der Waals surface area contributed by atoms with Crippen LogP contribution in [0.2, 0.25) is 5.02 Å². The van der Waals surface area contributed by atoms with Crippen molar-refractivity contribution in [2.24, 2.45) is 0 Å². The molecule has 1 fully saturated rings. The third kappa shape index (κ3) is 4.89. The molecular formula is C21H28ClN3OS. The zero-order valence-corrected chi connectivity index (χ0v) is 18.0. The van der Waals surface area contributed by atoms with Gasteiger partial charge in [-0.15, -0.1) is 11.3 Å². The molecule has 1 aliphatic heterocycles. The molecule has 6 heteroatoms. The number of amides is 1. The van der Waals surface area contributed by atoms with Gasteiger partial charge in [-0.2, -0.15) is 0 Å². The summed E-state index contributed by atoms with van der Waals surface area (Å²) in [5.41, 5.74) is 2.95. The Morgan fingerprint density at radius 3 is 2.78 bits per heavy atom. The van der Waals surface area contributed by atoms with Gasteiger partial charge in [0.05, 0.1) is 5.69 Å². The molecule has 4 nitrogen and oxygen atoms in total. The third-order valence-electron chi connectivity index (χ3n) is 5.11. The molecule has 3 rings (SSSR count). The number of rotatable bonds is 5. The van der Waals surface area contributed by atoms with Crippen LogP contribution in [-0.4, -0.2) is 53.4 Å². The van der Waals surface area contributed by atoms with Gasteiger partial charge in [0.25, 0.3) is 5.91 Å². The monoisotopic (exact) mass is 405 g/mol. The first kappa shape index (κ1) is 20.3. The van der Waals surface area contributed by atoms with Crippen LogP contribution >= 0.6 is 22.9 Å². The van der Waals surface area contributed by atoms with Crippen LogP contribution in [0.25, 0.3) is 10.6 Å². The first-order chi connectivity index (χ1) is 13.0. The van der Waals surface area contributed by atoms with E-state index in [0.717, 1.165) is 70.9 Å². The van der Waals surface area contributed by atoms with Gasteiger partial charge in [-0.3, -0.25) is 4.79 Å². The molecule has 1 aliphatic rings. The molecule has 0 saturated carbocycles. The maximum Gasteiger partial charge on any atom is 0.265 e. The van der Waals surface area contributed by atoms with Crippen molar-refractivity contribution < 1.29 is 4.79 Å². The number of benzene rings is 1. The molecule has 2 heterocycles. The summed E-state index contributed by atoms with van der Waals surface area (Å²) in [6.45, 7) is 11.0. The highest BCUT2D eigenvalue weighted by molar-refractivity contribution is 7.17. The van der Waals surface area contributed by atoms with E-state index in [0.29, 0.717) is 0 Å². The SMILES string of the molecule is CCCCN1CCCN(C(=O)c2sc(-c3ccc(Cl)cc3C)nc2C)CC1. The van der Waals surface area contributed by atoms with E-state index < -0.39 is 0 Å². The Hall–Kier alpha value is -1.43. The van der Waals surface area contributed by atoms with E-state index in [4.69, 9.17) is 11.6 Å². The molecule has 1 amide bonds. The lowest BCUT2D eigenvalue weighted by Gasteiger charge is -2.21. The molecule has 0 radical (unpaired) electrons. The summed E-state index contributed by atoms with van der Waals surface area (Å²) in [5.74, 6) is 0.125. The Labute approximate surface area is 171 Å². The van der Waals surface area contributed by atoms with Gasteiger partial charge in [-0.05, 0) is 57.5 Å². The highest BCUT2D eigenvalue weighted by atomic mass is 35.5. The van der Waals surface area contributed by atoms with Crippen molar-refractivity contribution in [3.05, 3.63) is 39.4 Å². The number of carbonyl (C=O) groups is 1. The number of nitrogens with zero attached hydrogens (tertiary/aromatic N) is 3. The number of halogens is 1. The molecule has 0 N–H and O–H groups in total. The predicted octanol–water partition coefficient (Wildman–Crippen LogP) is 5.03. The van der Waals surface area contributed by atoms with Crippen molar-refractivity contribution in [2.45, 2.75) is 40.0 Å². The van der Waals surface area contributed by atoms with Crippen LogP contribution in [0.1, 0.15) is 47.1 Å². The number of thiazole rings is 1. The average molecular weight is 406 g/mol. The highest BCUT2D eigenvalue weighted by Crippen LogP contribution is 2.32. The van der Waals surface area contributed by atoms with Crippen LogP contribution in [0.3, 0.4) is 0 Å². The van der Waals surface area contributed by atoms with Crippen molar-refractivity contribution in [1.29, 1.82) is 0 Å². The van der Waals surface area contributed by atoms with E-state index >= 15 is 0 Å². The van der Waals surface area contributed by atoms with Crippen LogP contribution in [0, 0.1) is 13.8 Å². The summed E-state index contributed by atoms with van der Waals surface area (Å²) in [5, 5.41) is 1.61. The number of carbonyl (C=O) groups excluding carboxylic acids is 1. The Morgan fingerprint density at radius 1 is 1.22 bits per heavy atom. The molecule has 0 unspecified atom stereocenters. The minimum Gasteiger partial charge on any atom is -0.337 e. The molecule has 2 aromatic rings. The summed E-state index contributed by atoms with van der Waals surface area (Å²) in [6.07, 6.45) is 3.48. The summed E-state index contributed by atoms with van der Waals surface area (Å²) >= 11 is 7.57. The summed E-state index contributed by atoms with van der Waals surface area (Å²) < 4.78 is 0. The van der Waals surface area contributed by atoms with E-state index in [9.17, 15) is 4.79 Å². The van der Waals surface area contributed by atoms with Crippen molar-refractivity contribution in [3.8, 4) is 10.6 Å². The molecule has 0 bridgehead atoms. The fraction of sp³-hybridized carbons (Fsp3) is 0.524.